The topological polar surface area (TPSA) is 84.2 Å². The zero-order valence-electron chi connectivity index (χ0n) is 12.0. The molecule has 1 unspecified atom stereocenters. The van der Waals surface area contributed by atoms with Crippen LogP contribution in [0.3, 0.4) is 0 Å². The van der Waals surface area contributed by atoms with Crippen LogP contribution in [0.2, 0.25) is 0 Å². The summed E-state index contributed by atoms with van der Waals surface area (Å²) in [7, 11) is -3.45. The van der Waals surface area contributed by atoms with Gasteiger partial charge >= 0.3 is 0 Å². The van der Waals surface area contributed by atoms with E-state index in [1.54, 1.807) is 18.2 Å². The number of hydrogen-bond acceptors (Lipinski definition) is 4. The molecule has 0 radical (unpaired) electrons. The molecular weight excluding hydrogens is 274 g/mol. The molecule has 1 aliphatic rings. The fourth-order valence-corrected chi connectivity index (χ4v) is 3.28. The van der Waals surface area contributed by atoms with Crippen molar-refractivity contribution in [2.24, 2.45) is 11.7 Å². The Labute approximate surface area is 121 Å². The van der Waals surface area contributed by atoms with Gasteiger partial charge in [-0.2, -0.15) is 0 Å². The largest absolute Gasteiger partial charge is 0.382 e. The molecule has 0 bridgehead atoms. The lowest BCUT2D eigenvalue weighted by Gasteiger charge is -2.18. The first-order valence-electron chi connectivity index (χ1n) is 7.01. The molecule has 1 fully saturated rings. The number of rotatable bonds is 7. The lowest BCUT2D eigenvalue weighted by Crippen LogP contribution is -2.34. The van der Waals surface area contributed by atoms with Crippen molar-refractivity contribution in [1.82, 2.24) is 4.72 Å². The van der Waals surface area contributed by atoms with Crippen molar-refractivity contribution in [3.8, 4) is 0 Å². The number of benzene rings is 1. The number of nitrogens with two attached hydrogens (primary N) is 1. The second kappa shape index (κ2) is 6.11. The number of para-hydroxylation sites is 1. The maximum absolute atomic E-state index is 12.3. The first kappa shape index (κ1) is 15.3. The van der Waals surface area contributed by atoms with Crippen LogP contribution < -0.4 is 15.8 Å². The van der Waals surface area contributed by atoms with Gasteiger partial charge in [-0.3, -0.25) is 0 Å². The quantitative estimate of drug-likeness (QED) is 0.712. The Bertz CT molecular complexity index is 553. The number of nitrogens with one attached hydrogen (secondary N) is 2. The number of sulfonamides is 1. The van der Waals surface area contributed by atoms with Crippen LogP contribution in [-0.4, -0.2) is 27.0 Å². The zero-order chi connectivity index (χ0) is 14.8. The van der Waals surface area contributed by atoms with Gasteiger partial charge < -0.3 is 11.1 Å². The highest BCUT2D eigenvalue weighted by atomic mass is 32.2. The maximum atomic E-state index is 12.3. The summed E-state index contributed by atoms with van der Waals surface area (Å²) < 4.78 is 27.3. The molecule has 1 aromatic rings. The van der Waals surface area contributed by atoms with E-state index in [1.807, 2.05) is 19.9 Å². The van der Waals surface area contributed by atoms with Crippen molar-refractivity contribution in [1.29, 1.82) is 0 Å². The smallest absolute Gasteiger partial charge is 0.242 e. The predicted octanol–water partition coefficient (Wildman–Crippen LogP) is 1.52. The van der Waals surface area contributed by atoms with E-state index in [9.17, 15) is 8.42 Å². The Morgan fingerprint density at radius 3 is 2.55 bits per heavy atom. The second-order valence-corrected chi connectivity index (χ2v) is 7.36. The molecule has 0 aliphatic heterocycles. The van der Waals surface area contributed by atoms with Crippen molar-refractivity contribution in [2.75, 3.05) is 11.9 Å². The van der Waals surface area contributed by atoms with Crippen molar-refractivity contribution in [3.05, 3.63) is 24.3 Å². The molecule has 0 aromatic heterocycles. The first-order chi connectivity index (χ1) is 9.40. The molecule has 1 saturated carbocycles. The molecule has 0 heterocycles. The van der Waals surface area contributed by atoms with Crippen LogP contribution in [0.4, 0.5) is 5.69 Å². The maximum Gasteiger partial charge on any atom is 0.242 e. The van der Waals surface area contributed by atoms with Gasteiger partial charge in [-0.05, 0) is 30.9 Å². The lowest BCUT2D eigenvalue weighted by atomic mass is 10.1. The van der Waals surface area contributed by atoms with Crippen LogP contribution in [0.5, 0.6) is 0 Å². The summed E-state index contributed by atoms with van der Waals surface area (Å²) in [5, 5.41) is 3.15. The normalized spacial score (nSPS) is 17.2. The SMILES string of the molecule is CC(C)C(N)CNc1ccccc1S(=O)(=O)NC1CC1. The number of hydrogen-bond donors (Lipinski definition) is 3. The second-order valence-electron chi connectivity index (χ2n) is 5.68. The average molecular weight is 297 g/mol. The van der Waals surface area contributed by atoms with Crippen LogP contribution in [0.25, 0.3) is 0 Å². The Morgan fingerprint density at radius 2 is 1.95 bits per heavy atom. The molecule has 0 saturated heterocycles. The summed E-state index contributed by atoms with van der Waals surface area (Å²) in [6.07, 6.45) is 1.85. The Balaban J connectivity index is 2.13. The van der Waals surface area contributed by atoms with E-state index < -0.39 is 10.0 Å². The summed E-state index contributed by atoms with van der Waals surface area (Å²) in [4.78, 5) is 0.294. The molecule has 1 aromatic carbocycles. The van der Waals surface area contributed by atoms with Gasteiger partial charge in [-0.1, -0.05) is 26.0 Å². The van der Waals surface area contributed by atoms with E-state index in [0.717, 1.165) is 12.8 Å². The molecule has 1 aliphatic carbocycles. The molecule has 20 heavy (non-hydrogen) atoms. The minimum atomic E-state index is -3.45. The van der Waals surface area contributed by atoms with Gasteiger partial charge in [0.25, 0.3) is 0 Å². The molecule has 2 rings (SSSR count). The highest BCUT2D eigenvalue weighted by Gasteiger charge is 2.29. The molecule has 112 valence electrons. The van der Waals surface area contributed by atoms with E-state index in [2.05, 4.69) is 10.0 Å². The van der Waals surface area contributed by atoms with E-state index in [-0.39, 0.29) is 12.1 Å². The van der Waals surface area contributed by atoms with Crippen molar-refractivity contribution >= 4 is 15.7 Å². The van der Waals surface area contributed by atoms with Crippen LogP contribution in [0.15, 0.2) is 29.2 Å². The molecule has 0 spiro atoms. The highest BCUT2D eigenvalue weighted by Crippen LogP contribution is 2.25. The van der Waals surface area contributed by atoms with E-state index in [0.29, 0.717) is 23.0 Å². The standard InChI is InChI=1S/C14H23N3O2S/c1-10(2)12(15)9-16-13-5-3-4-6-14(13)20(18,19)17-11-7-8-11/h3-6,10-12,16-17H,7-9,15H2,1-2H3. The molecule has 1 atom stereocenters. The summed E-state index contributed by atoms with van der Waals surface area (Å²) >= 11 is 0. The summed E-state index contributed by atoms with van der Waals surface area (Å²) in [6, 6.07) is 7.03. The monoisotopic (exact) mass is 297 g/mol. The molecule has 5 nitrogen and oxygen atoms in total. The Kier molecular flexibility index (Phi) is 4.67. The predicted molar refractivity (Wildman–Crippen MR) is 81.1 cm³/mol. The molecule has 6 heteroatoms. The van der Waals surface area contributed by atoms with Crippen molar-refractivity contribution in [3.63, 3.8) is 0 Å². The van der Waals surface area contributed by atoms with E-state index in [4.69, 9.17) is 5.73 Å². The van der Waals surface area contributed by atoms with Crippen molar-refractivity contribution in [2.45, 2.75) is 43.7 Å². The van der Waals surface area contributed by atoms with E-state index in [1.165, 1.54) is 0 Å². The van der Waals surface area contributed by atoms with Gasteiger partial charge in [-0.25, -0.2) is 13.1 Å². The summed E-state index contributed by atoms with van der Waals surface area (Å²) in [5.41, 5.74) is 6.59. The van der Waals surface area contributed by atoms with Crippen molar-refractivity contribution < 1.29 is 8.42 Å². The van der Waals surface area contributed by atoms with Gasteiger partial charge in [0, 0.05) is 18.6 Å². The first-order valence-corrected chi connectivity index (χ1v) is 8.49. The molecule has 0 amide bonds. The minimum absolute atomic E-state index is 0.0119. The average Bonchev–Trinajstić information content (AvgIpc) is 3.19. The fraction of sp³-hybridized carbons (Fsp3) is 0.571. The van der Waals surface area contributed by atoms with Crippen LogP contribution in [0, 0.1) is 5.92 Å². The van der Waals surface area contributed by atoms with Crippen LogP contribution in [-0.2, 0) is 10.0 Å². The Hall–Kier alpha value is -1.11. The third kappa shape index (κ3) is 3.94. The minimum Gasteiger partial charge on any atom is -0.382 e. The number of anilines is 1. The highest BCUT2D eigenvalue weighted by molar-refractivity contribution is 7.89. The summed E-state index contributed by atoms with van der Waals surface area (Å²) in [5.74, 6) is 0.343. The van der Waals surface area contributed by atoms with Crippen LogP contribution in [0.1, 0.15) is 26.7 Å². The van der Waals surface area contributed by atoms with Gasteiger partial charge in [-0.15, -0.1) is 0 Å². The van der Waals surface area contributed by atoms with Crippen LogP contribution >= 0.6 is 0 Å². The zero-order valence-corrected chi connectivity index (χ0v) is 12.8. The van der Waals surface area contributed by atoms with Gasteiger partial charge in [0.15, 0.2) is 0 Å². The molecular formula is C14H23N3O2S. The summed E-state index contributed by atoms with van der Waals surface area (Å²) in [6.45, 7) is 4.64. The van der Waals surface area contributed by atoms with Gasteiger partial charge in [0.1, 0.15) is 4.90 Å². The lowest BCUT2D eigenvalue weighted by molar-refractivity contribution is 0.511. The third-order valence-corrected chi connectivity index (χ3v) is 5.04. The van der Waals surface area contributed by atoms with E-state index >= 15 is 0 Å². The fourth-order valence-electron chi connectivity index (χ4n) is 1.79. The Morgan fingerprint density at radius 1 is 1.30 bits per heavy atom. The third-order valence-electron chi connectivity index (χ3n) is 3.46. The molecule has 4 N–H and O–H groups in total. The van der Waals surface area contributed by atoms with Gasteiger partial charge in [0.2, 0.25) is 10.0 Å². The van der Waals surface area contributed by atoms with Gasteiger partial charge in [0.05, 0.1) is 5.69 Å².